The fourth-order valence-electron chi connectivity index (χ4n) is 3.65. The summed E-state index contributed by atoms with van der Waals surface area (Å²) in [6, 6.07) is 13.8. The maximum atomic E-state index is 12.8. The number of hydrogen-bond donors (Lipinski definition) is 3. The standard InChI is InChI=1S/C21H25N3O3/c1-14-4-2-6-16(10-14)19(23-21(22)27)12-20(26)24-9-8-17(13-24)15-5-3-7-18(25)11-15/h2-7,10-11,17,19,25H,8-9,12-13H2,1H3,(H3,22,23,27). The number of amides is 3. The van der Waals surface area contributed by atoms with E-state index >= 15 is 0 Å². The topological polar surface area (TPSA) is 95.7 Å². The first-order chi connectivity index (χ1) is 12.9. The van der Waals surface area contributed by atoms with Crippen molar-refractivity contribution < 1.29 is 14.7 Å². The second-order valence-corrected chi connectivity index (χ2v) is 7.10. The summed E-state index contributed by atoms with van der Waals surface area (Å²) in [7, 11) is 0. The summed E-state index contributed by atoms with van der Waals surface area (Å²) in [5.74, 6) is 0.433. The number of hydrogen-bond acceptors (Lipinski definition) is 3. The summed E-state index contributed by atoms with van der Waals surface area (Å²) in [4.78, 5) is 26.0. The van der Waals surface area contributed by atoms with E-state index in [1.165, 1.54) is 0 Å². The van der Waals surface area contributed by atoms with Crippen LogP contribution >= 0.6 is 0 Å². The van der Waals surface area contributed by atoms with Gasteiger partial charge in [-0.15, -0.1) is 0 Å². The van der Waals surface area contributed by atoms with Crippen LogP contribution in [0.3, 0.4) is 0 Å². The summed E-state index contributed by atoms with van der Waals surface area (Å²) >= 11 is 0. The molecule has 3 amide bonds. The normalized spacial score (nSPS) is 17.5. The van der Waals surface area contributed by atoms with Crippen molar-refractivity contribution in [2.75, 3.05) is 13.1 Å². The Morgan fingerprint density at radius 3 is 2.74 bits per heavy atom. The highest BCUT2D eigenvalue weighted by Gasteiger charge is 2.29. The van der Waals surface area contributed by atoms with Gasteiger partial charge in [0.2, 0.25) is 5.91 Å². The molecule has 1 aliphatic rings. The number of carbonyl (C=O) groups is 2. The molecular formula is C21H25N3O3. The van der Waals surface area contributed by atoms with Crippen molar-refractivity contribution in [3.05, 3.63) is 65.2 Å². The van der Waals surface area contributed by atoms with Crippen LogP contribution in [0, 0.1) is 6.92 Å². The van der Waals surface area contributed by atoms with E-state index in [1.54, 1.807) is 12.1 Å². The molecule has 3 rings (SSSR count). The predicted molar refractivity (Wildman–Crippen MR) is 103 cm³/mol. The molecule has 0 aromatic heterocycles. The van der Waals surface area contributed by atoms with Crippen LogP contribution in [0.2, 0.25) is 0 Å². The maximum absolute atomic E-state index is 12.8. The van der Waals surface area contributed by atoms with Gasteiger partial charge in [-0.1, -0.05) is 42.0 Å². The average Bonchev–Trinajstić information content (AvgIpc) is 3.11. The number of carbonyl (C=O) groups excluding carboxylic acids is 2. The van der Waals surface area contributed by atoms with Crippen molar-refractivity contribution in [1.82, 2.24) is 10.2 Å². The molecule has 0 radical (unpaired) electrons. The van der Waals surface area contributed by atoms with E-state index in [-0.39, 0.29) is 24.0 Å². The number of urea groups is 1. The number of likely N-dealkylation sites (tertiary alicyclic amines) is 1. The van der Waals surface area contributed by atoms with Crippen molar-refractivity contribution in [3.8, 4) is 5.75 Å². The van der Waals surface area contributed by atoms with E-state index in [4.69, 9.17) is 5.73 Å². The fraction of sp³-hybridized carbons (Fsp3) is 0.333. The molecule has 1 fully saturated rings. The largest absolute Gasteiger partial charge is 0.508 e. The number of aromatic hydroxyl groups is 1. The van der Waals surface area contributed by atoms with Gasteiger partial charge < -0.3 is 21.1 Å². The molecule has 2 unspecified atom stereocenters. The molecule has 6 heteroatoms. The van der Waals surface area contributed by atoms with E-state index < -0.39 is 12.1 Å². The molecule has 1 heterocycles. The third-order valence-corrected chi connectivity index (χ3v) is 5.02. The SMILES string of the molecule is Cc1cccc(C(CC(=O)N2CCC(c3cccc(O)c3)C2)NC(N)=O)c1. The number of phenols is 1. The van der Waals surface area contributed by atoms with Crippen molar-refractivity contribution in [1.29, 1.82) is 0 Å². The highest BCUT2D eigenvalue weighted by atomic mass is 16.3. The number of benzene rings is 2. The van der Waals surface area contributed by atoms with Crippen LogP contribution in [0.15, 0.2) is 48.5 Å². The number of phenolic OH excluding ortho intramolecular Hbond substituents is 1. The van der Waals surface area contributed by atoms with Gasteiger partial charge in [-0.2, -0.15) is 0 Å². The lowest BCUT2D eigenvalue weighted by Crippen LogP contribution is -2.37. The lowest BCUT2D eigenvalue weighted by molar-refractivity contribution is -0.130. The summed E-state index contributed by atoms with van der Waals surface area (Å²) in [5.41, 5.74) is 8.27. The quantitative estimate of drug-likeness (QED) is 0.758. The third-order valence-electron chi connectivity index (χ3n) is 5.02. The number of nitrogens with one attached hydrogen (secondary N) is 1. The Hall–Kier alpha value is -3.02. The first-order valence-corrected chi connectivity index (χ1v) is 9.11. The minimum Gasteiger partial charge on any atom is -0.508 e. The second kappa shape index (κ2) is 8.12. The highest BCUT2D eigenvalue weighted by molar-refractivity contribution is 5.79. The van der Waals surface area contributed by atoms with Crippen LogP contribution in [0.5, 0.6) is 5.75 Å². The molecule has 0 bridgehead atoms. The first kappa shape index (κ1) is 18.8. The molecule has 0 saturated carbocycles. The van der Waals surface area contributed by atoms with E-state index in [2.05, 4.69) is 5.32 Å². The molecule has 6 nitrogen and oxygen atoms in total. The second-order valence-electron chi connectivity index (χ2n) is 7.10. The molecule has 4 N–H and O–H groups in total. The van der Waals surface area contributed by atoms with Crippen LogP contribution < -0.4 is 11.1 Å². The van der Waals surface area contributed by atoms with Gasteiger partial charge in [-0.3, -0.25) is 4.79 Å². The van der Waals surface area contributed by atoms with Crippen LogP contribution in [0.4, 0.5) is 4.79 Å². The Balaban J connectivity index is 1.68. The van der Waals surface area contributed by atoms with Crippen LogP contribution in [0.25, 0.3) is 0 Å². The van der Waals surface area contributed by atoms with Crippen LogP contribution in [-0.2, 0) is 4.79 Å². The van der Waals surface area contributed by atoms with E-state index in [1.807, 2.05) is 48.2 Å². The van der Waals surface area contributed by atoms with Crippen molar-refractivity contribution in [2.45, 2.75) is 31.7 Å². The van der Waals surface area contributed by atoms with E-state index in [9.17, 15) is 14.7 Å². The number of primary amides is 1. The lowest BCUT2D eigenvalue weighted by atomic mass is 9.98. The predicted octanol–water partition coefficient (Wildman–Crippen LogP) is 2.82. The average molecular weight is 367 g/mol. The van der Waals surface area contributed by atoms with E-state index in [0.717, 1.165) is 23.1 Å². The molecule has 0 spiro atoms. The highest BCUT2D eigenvalue weighted by Crippen LogP contribution is 2.30. The maximum Gasteiger partial charge on any atom is 0.312 e. The van der Waals surface area contributed by atoms with Gasteiger partial charge in [-0.25, -0.2) is 4.79 Å². The summed E-state index contributed by atoms with van der Waals surface area (Å²) in [6.45, 7) is 3.24. The summed E-state index contributed by atoms with van der Waals surface area (Å²) in [6.07, 6.45) is 1.02. The first-order valence-electron chi connectivity index (χ1n) is 9.11. The zero-order chi connectivity index (χ0) is 19.4. The van der Waals surface area contributed by atoms with Crippen molar-refractivity contribution in [3.63, 3.8) is 0 Å². The molecule has 1 aliphatic heterocycles. The van der Waals surface area contributed by atoms with Crippen molar-refractivity contribution >= 4 is 11.9 Å². The Morgan fingerprint density at radius 1 is 1.26 bits per heavy atom. The Labute approximate surface area is 159 Å². The fourth-order valence-corrected chi connectivity index (χ4v) is 3.65. The monoisotopic (exact) mass is 367 g/mol. The summed E-state index contributed by atoms with van der Waals surface area (Å²) in [5, 5.41) is 12.4. The molecule has 2 aromatic rings. The van der Waals surface area contributed by atoms with Gasteiger partial charge in [0.05, 0.1) is 12.5 Å². The number of nitrogens with zero attached hydrogens (tertiary/aromatic N) is 1. The van der Waals surface area contributed by atoms with Gasteiger partial charge in [0, 0.05) is 19.0 Å². The molecule has 0 aliphatic carbocycles. The lowest BCUT2D eigenvalue weighted by Gasteiger charge is -2.22. The number of rotatable bonds is 5. The van der Waals surface area contributed by atoms with Gasteiger partial charge in [0.15, 0.2) is 0 Å². The Morgan fingerprint density at radius 2 is 2.04 bits per heavy atom. The molecule has 142 valence electrons. The minimum atomic E-state index is -0.645. The van der Waals surface area contributed by atoms with Crippen LogP contribution in [0.1, 0.15) is 41.5 Å². The van der Waals surface area contributed by atoms with Gasteiger partial charge in [-0.05, 0) is 36.6 Å². The van der Waals surface area contributed by atoms with Gasteiger partial charge >= 0.3 is 6.03 Å². The zero-order valence-electron chi connectivity index (χ0n) is 15.4. The van der Waals surface area contributed by atoms with E-state index in [0.29, 0.717) is 13.1 Å². The smallest absolute Gasteiger partial charge is 0.312 e. The molecule has 2 aromatic carbocycles. The third kappa shape index (κ3) is 4.78. The van der Waals surface area contributed by atoms with Crippen LogP contribution in [-0.4, -0.2) is 35.0 Å². The molecular weight excluding hydrogens is 342 g/mol. The number of aryl methyl sites for hydroxylation is 1. The minimum absolute atomic E-state index is 0.0158. The van der Waals surface area contributed by atoms with Crippen molar-refractivity contribution in [2.24, 2.45) is 5.73 Å². The van der Waals surface area contributed by atoms with Gasteiger partial charge in [0.25, 0.3) is 0 Å². The molecule has 27 heavy (non-hydrogen) atoms. The molecule has 1 saturated heterocycles. The Kier molecular flexibility index (Phi) is 5.64. The zero-order valence-corrected chi connectivity index (χ0v) is 15.4. The van der Waals surface area contributed by atoms with Gasteiger partial charge in [0.1, 0.15) is 5.75 Å². The Bertz CT molecular complexity index is 837. The summed E-state index contributed by atoms with van der Waals surface area (Å²) < 4.78 is 0. The molecule has 2 atom stereocenters. The number of nitrogens with two attached hydrogens (primary N) is 1.